The molecule has 0 aromatic rings. The van der Waals surface area contributed by atoms with Crippen molar-refractivity contribution < 1.29 is 24.3 Å². The van der Waals surface area contributed by atoms with Crippen LogP contribution in [-0.4, -0.2) is 65.0 Å². The van der Waals surface area contributed by atoms with Crippen LogP contribution < -0.4 is 21.7 Å². The van der Waals surface area contributed by atoms with Gasteiger partial charge in [-0.3, -0.25) is 14.4 Å². The highest BCUT2D eigenvalue weighted by atomic mass is 32.2. The number of hydrogen-bond acceptors (Lipinski definition) is 6. The molecule has 0 saturated heterocycles. The maximum atomic E-state index is 12.9. The molecule has 0 aromatic heterocycles. The van der Waals surface area contributed by atoms with Crippen molar-refractivity contribution in [3.63, 3.8) is 0 Å². The summed E-state index contributed by atoms with van der Waals surface area (Å²) in [4.78, 5) is 49.6. The first-order valence-electron chi connectivity index (χ1n) is 10.8. The molecule has 0 aliphatic carbocycles. The number of carboxylic acids is 1. The van der Waals surface area contributed by atoms with Crippen LogP contribution in [0.5, 0.6) is 0 Å². The monoisotopic (exact) mass is 460 g/mol. The van der Waals surface area contributed by atoms with Crippen LogP contribution in [0.15, 0.2) is 0 Å². The van der Waals surface area contributed by atoms with Crippen LogP contribution in [0.25, 0.3) is 0 Å². The highest BCUT2D eigenvalue weighted by molar-refractivity contribution is 7.98. The summed E-state index contributed by atoms with van der Waals surface area (Å²) in [5.74, 6) is -2.69. The van der Waals surface area contributed by atoms with Crippen LogP contribution in [-0.2, 0) is 19.2 Å². The van der Waals surface area contributed by atoms with Gasteiger partial charge in [-0.25, -0.2) is 4.79 Å². The highest BCUT2D eigenvalue weighted by Crippen LogP contribution is 2.11. The largest absolute Gasteiger partial charge is 0.480 e. The standard InChI is InChI=1S/C21H40N4O5S/c1-8-13(6)17(21(29)30)25-20(28)16(12(4)5)24-19(27)15(11(2)3)23-18(26)14(22)9-10-31-7/h11-17H,8-10,22H2,1-7H3,(H,23,26)(H,24,27)(H,25,28)(H,29,30). The molecule has 0 heterocycles. The van der Waals surface area contributed by atoms with Crippen molar-refractivity contribution in [2.45, 2.75) is 78.6 Å². The summed E-state index contributed by atoms with van der Waals surface area (Å²) < 4.78 is 0. The zero-order chi connectivity index (χ0) is 24.3. The maximum absolute atomic E-state index is 12.9. The maximum Gasteiger partial charge on any atom is 0.326 e. The summed E-state index contributed by atoms with van der Waals surface area (Å²) in [7, 11) is 0. The molecule has 0 aromatic carbocycles. The predicted octanol–water partition coefficient (Wildman–Crippen LogP) is 0.964. The van der Waals surface area contributed by atoms with Gasteiger partial charge in [0.1, 0.15) is 18.1 Å². The molecule has 0 bridgehead atoms. The van der Waals surface area contributed by atoms with Gasteiger partial charge in [0.2, 0.25) is 17.7 Å². The zero-order valence-electron chi connectivity index (χ0n) is 19.7. The molecule has 6 N–H and O–H groups in total. The van der Waals surface area contributed by atoms with E-state index in [1.165, 1.54) is 0 Å². The van der Waals surface area contributed by atoms with Crippen molar-refractivity contribution in [2.75, 3.05) is 12.0 Å². The summed E-state index contributed by atoms with van der Waals surface area (Å²) in [6, 6.07) is -3.59. The van der Waals surface area contributed by atoms with E-state index in [9.17, 15) is 24.3 Å². The number of carbonyl (C=O) groups excluding carboxylic acids is 3. The number of thioether (sulfide) groups is 1. The zero-order valence-corrected chi connectivity index (χ0v) is 20.5. The van der Waals surface area contributed by atoms with Gasteiger partial charge in [0.15, 0.2) is 0 Å². The SMILES string of the molecule is CCC(C)C(NC(=O)C(NC(=O)C(NC(=O)C(N)CCSC)C(C)C)C(C)C)C(=O)O. The number of carboxylic acid groups (broad SMARTS) is 1. The minimum atomic E-state index is -1.12. The third-order valence-electron chi connectivity index (χ3n) is 5.24. The second kappa shape index (κ2) is 14.3. The van der Waals surface area contributed by atoms with E-state index in [1.807, 2.05) is 13.2 Å². The third-order valence-corrected chi connectivity index (χ3v) is 5.88. The van der Waals surface area contributed by atoms with Crippen molar-refractivity contribution in [1.29, 1.82) is 0 Å². The lowest BCUT2D eigenvalue weighted by atomic mass is 9.96. The number of nitrogens with one attached hydrogen (secondary N) is 3. The molecule has 0 saturated carbocycles. The molecule has 0 fully saturated rings. The Kier molecular flexibility index (Phi) is 13.5. The van der Waals surface area contributed by atoms with E-state index in [0.29, 0.717) is 12.8 Å². The fraction of sp³-hybridized carbons (Fsp3) is 0.810. The van der Waals surface area contributed by atoms with Crippen molar-refractivity contribution in [1.82, 2.24) is 16.0 Å². The van der Waals surface area contributed by atoms with Crippen molar-refractivity contribution >= 4 is 35.5 Å². The van der Waals surface area contributed by atoms with E-state index >= 15 is 0 Å². The molecule has 3 amide bonds. The molecule has 31 heavy (non-hydrogen) atoms. The van der Waals surface area contributed by atoms with E-state index in [2.05, 4.69) is 16.0 Å². The molecular weight excluding hydrogens is 420 g/mol. The van der Waals surface area contributed by atoms with Gasteiger partial charge in [0.05, 0.1) is 6.04 Å². The van der Waals surface area contributed by atoms with Gasteiger partial charge in [-0.1, -0.05) is 48.0 Å². The molecule has 0 rings (SSSR count). The van der Waals surface area contributed by atoms with E-state index < -0.39 is 47.9 Å². The molecule has 0 aliphatic heterocycles. The average molecular weight is 461 g/mol. The Balaban J connectivity index is 5.34. The lowest BCUT2D eigenvalue weighted by molar-refractivity contribution is -0.144. The van der Waals surface area contributed by atoms with Gasteiger partial charge in [0, 0.05) is 0 Å². The fourth-order valence-electron chi connectivity index (χ4n) is 2.88. The quantitative estimate of drug-likeness (QED) is 0.259. The van der Waals surface area contributed by atoms with Crippen molar-refractivity contribution in [2.24, 2.45) is 23.5 Å². The molecule has 5 atom stereocenters. The Morgan fingerprint density at radius 3 is 1.61 bits per heavy atom. The Labute approximate surface area is 190 Å². The van der Waals surface area contributed by atoms with Crippen LogP contribution in [0.2, 0.25) is 0 Å². The van der Waals surface area contributed by atoms with Gasteiger partial charge in [-0.05, 0) is 36.2 Å². The predicted molar refractivity (Wildman–Crippen MR) is 124 cm³/mol. The molecule has 180 valence electrons. The summed E-state index contributed by atoms with van der Waals surface area (Å²) in [6.07, 6.45) is 2.99. The first-order chi connectivity index (χ1) is 14.4. The van der Waals surface area contributed by atoms with Gasteiger partial charge < -0.3 is 26.8 Å². The molecule has 0 spiro atoms. The first-order valence-corrected chi connectivity index (χ1v) is 12.1. The van der Waals surface area contributed by atoms with Crippen molar-refractivity contribution in [3.8, 4) is 0 Å². The van der Waals surface area contributed by atoms with Gasteiger partial charge in [0.25, 0.3) is 0 Å². The average Bonchev–Trinajstić information content (AvgIpc) is 2.70. The lowest BCUT2D eigenvalue weighted by Gasteiger charge is -2.29. The number of rotatable bonds is 14. The Hall–Kier alpha value is -1.81. The smallest absolute Gasteiger partial charge is 0.326 e. The minimum absolute atomic E-state index is 0.237. The third kappa shape index (κ3) is 9.90. The second-order valence-electron chi connectivity index (χ2n) is 8.56. The van der Waals surface area contributed by atoms with Crippen LogP contribution in [0, 0.1) is 17.8 Å². The van der Waals surface area contributed by atoms with Crippen LogP contribution in [0.1, 0.15) is 54.4 Å². The van der Waals surface area contributed by atoms with E-state index in [1.54, 1.807) is 46.4 Å². The second-order valence-corrected chi connectivity index (χ2v) is 9.54. The summed E-state index contributed by atoms with van der Waals surface area (Å²) in [5, 5.41) is 17.3. The number of nitrogens with two attached hydrogens (primary N) is 1. The van der Waals surface area contributed by atoms with Crippen LogP contribution in [0.3, 0.4) is 0 Å². The Morgan fingerprint density at radius 1 is 0.839 bits per heavy atom. The first kappa shape index (κ1) is 29.2. The normalized spacial score (nSPS) is 16.2. The molecule has 9 nitrogen and oxygen atoms in total. The number of carbonyl (C=O) groups is 4. The molecule has 5 unspecified atom stereocenters. The number of amides is 3. The number of hydrogen-bond donors (Lipinski definition) is 5. The molecular formula is C21H40N4O5S. The van der Waals surface area contributed by atoms with Crippen LogP contribution in [0.4, 0.5) is 0 Å². The van der Waals surface area contributed by atoms with E-state index in [4.69, 9.17) is 5.73 Å². The van der Waals surface area contributed by atoms with Gasteiger partial charge in [-0.2, -0.15) is 11.8 Å². The minimum Gasteiger partial charge on any atom is -0.480 e. The Morgan fingerprint density at radius 2 is 1.26 bits per heavy atom. The number of aliphatic carboxylic acids is 1. The summed E-state index contributed by atoms with van der Waals surface area (Å²) >= 11 is 1.58. The van der Waals surface area contributed by atoms with E-state index in [0.717, 1.165) is 5.75 Å². The van der Waals surface area contributed by atoms with Gasteiger partial charge in [-0.15, -0.1) is 0 Å². The van der Waals surface area contributed by atoms with E-state index in [-0.39, 0.29) is 17.8 Å². The topological polar surface area (TPSA) is 151 Å². The lowest BCUT2D eigenvalue weighted by Crippen LogP contribution is -2.60. The van der Waals surface area contributed by atoms with Gasteiger partial charge >= 0.3 is 5.97 Å². The van der Waals surface area contributed by atoms with Crippen molar-refractivity contribution in [3.05, 3.63) is 0 Å². The molecule has 0 radical (unpaired) electrons. The Bertz CT molecular complexity index is 615. The fourth-order valence-corrected chi connectivity index (χ4v) is 3.36. The van der Waals surface area contributed by atoms with Crippen LogP contribution >= 0.6 is 11.8 Å². The summed E-state index contributed by atoms with van der Waals surface area (Å²) in [6.45, 7) is 10.7. The molecule has 10 heteroatoms. The highest BCUT2D eigenvalue weighted by Gasteiger charge is 2.34. The molecule has 0 aliphatic rings. The summed E-state index contributed by atoms with van der Waals surface area (Å²) in [5.41, 5.74) is 5.90.